The molecule has 0 aliphatic carbocycles. The van der Waals surface area contributed by atoms with E-state index in [-0.39, 0.29) is 24.4 Å². The van der Waals surface area contributed by atoms with Crippen molar-refractivity contribution >= 4 is 39.9 Å². The van der Waals surface area contributed by atoms with Gasteiger partial charge in [-0.25, -0.2) is 0 Å². The van der Waals surface area contributed by atoms with Gasteiger partial charge in [-0.1, -0.05) is 15.9 Å². The Morgan fingerprint density at radius 1 is 1.45 bits per heavy atom. The van der Waals surface area contributed by atoms with Gasteiger partial charge < -0.3 is 15.4 Å². The molecule has 1 saturated heterocycles. The van der Waals surface area contributed by atoms with Crippen LogP contribution in [0.2, 0.25) is 0 Å². The fraction of sp³-hybridized carbons (Fsp3) is 0.500. The van der Waals surface area contributed by atoms with E-state index in [1.54, 1.807) is 0 Å². The van der Waals surface area contributed by atoms with Gasteiger partial charge >= 0.3 is 0 Å². The van der Waals surface area contributed by atoms with Crippen LogP contribution in [0.3, 0.4) is 0 Å². The summed E-state index contributed by atoms with van der Waals surface area (Å²) < 4.78 is 6.43. The van der Waals surface area contributed by atoms with Gasteiger partial charge in [0.1, 0.15) is 0 Å². The van der Waals surface area contributed by atoms with Crippen LogP contribution in [0.4, 0.5) is 5.69 Å². The van der Waals surface area contributed by atoms with E-state index in [0.717, 1.165) is 34.4 Å². The molecule has 0 saturated carbocycles. The third-order valence-electron chi connectivity index (χ3n) is 3.15. The minimum Gasteiger partial charge on any atom is -0.378 e. The summed E-state index contributed by atoms with van der Waals surface area (Å²) in [4.78, 5) is 12.0. The lowest BCUT2D eigenvalue weighted by Gasteiger charge is -2.23. The quantitative estimate of drug-likeness (QED) is 0.868. The van der Waals surface area contributed by atoms with Crippen molar-refractivity contribution in [3.63, 3.8) is 0 Å². The summed E-state index contributed by atoms with van der Waals surface area (Å²) in [5, 5.41) is 6.22. The van der Waals surface area contributed by atoms with Crippen molar-refractivity contribution in [3.05, 3.63) is 27.7 Å². The fourth-order valence-corrected chi connectivity index (χ4v) is 2.43. The highest BCUT2D eigenvalue weighted by atomic mass is 79.9. The molecule has 4 nitrogen and oxygen atoms in total. The standard InChI is InChI=1S/C14H19BrN2O2.ClH/c1-9-5-11(6-10(2)14(9)15)17-13(18)7-12-8-19-4-3-16-12;/h5-6,12,16H,3-4,7-8H2,1-2H3,(H,17,18);1H. The molecule has 1 fully saturated rings. The summed E-state index contributed by atoms with van der Waals surface area (Å²) in [6, 6.07) is 4.06. The van der Waals surface area contributed by atoms with Crippen molar-refractivity contribution in [2.75, 3.05) is 25.1 Å². The molecule has 0 aromatic heterocycles. The maximum absolute atomic E-state index is 12.0. The Bertz CT molecular complexity index is 453. The molecule has 2 rings (SSSR count). The molecule has 1 amide bonds. The molecular weight excluding hydrogens is 344 g/mol. The number of halogens is 2. The van der Waals surface area contributed by atoms with Gasteiger partial charge in [-0.05, 0) is 37.1 Å². The van der Waals surface area contributed by atoms with Crippen LogP contribution in [-0.2, 0) is 9.53 Å². The van der Waals surface area contributed by atoms with E-state index < -0.39 is 0 Å². The fourth-order valence-electron chi connectivity index (χ4n) is 2.20. The summed E-state index contributed by atoms with van der Waals surface area (Å²) in [5.74, 6) is 0.0177. The first kappa shape index (κ1) is 17.4. The van der Waals surface area contributed by atoms with Crippen LogP contribution in [0, 0.1) is 13.8 Å². The number of morpholine rings is 1. The van der Waals surface area contributed by atoms with Gasteiger partial charge in [0.25, 0.3) is 0 Å². The Balaban J connectivity index is 0.00000200. The topological polar surface area (TPSA) is 50.4 Å². The number of carbonyl (C=O) groups excluding carboxylic acids is 1. The molecule has 1 aliphatic heterocycles. The number of anilines is 1. The molecule has 0 bridgehead atoms. The highest BCUT2D eigenvalue weighted by molar-refractivity contribution is 9.10. The first-order valence-corrected chi connectivity index (χ1v) is 7.23. The Kier molecular flexibility index (Phi) is 6.95. The Hall–Kier alpha value is -0.620. The monoisotopic (exact) mass is 362 g/mol. The van der Waals surface area contributed by atoms with Crippen LogP contribution in [0.25, 0.3) is 0 Å². The molecule has 2 N–H and O–H groups in total. The van der Waals surface area contributed by atoms with Gasteiger partial charge in [0.15, 0.2) is 0 Å². The van der Waals surface area contributed by atoms with Crippen LogP contribution in [0.5, 0.6) is 0 Å². The number of nitrogens with one attached hydrogen (secondary N) is 2. The van der Waals surface area contributed by atoms with Crippen molar-refractivity contribution in [3.8, 4) is 0 Å². The number of ether oxygens (including phenoxy) is 1. The highest BCUT2D eigenvalue weighted by Gasteiger charge is 2.17. The number of rotatable bonds is 3. The summed E-state index contributed by atoms with van der Waals surface area (Å²) in [7, 11) is 0. The minimum absolute atomic E-state index is 0. The second kappa shape index (κ2) is 7.98. The summed E-state index contributed by atoms with van der Waals surface area (Å²) >= 11 is 3.52. The Morgan fingerprint density at radius 2 is 2.10 bits per heavy atom. The van der Waals surface area contributed by atoms with E-state index in [2.05, 4.69) is 26.6 Å². The molecule has 1 aliphatic rings. The summed E-state index contributed by atoms with van der Waals surface area (Å²) in [5.41, 5.74) is 3.09. The van der Waals surface area contributed by atoms with E-state index in [9.17, 15) is 4.79 Å². The molecule has 1 heterocycles. The van der Waals surface area contributed by atoms with Crippen molar-refractivity contribution in [2.45, 2.75) is 26.3 Å². The van der Waals surface area contributed by atoms with Gasteiger partial charge in [0.05, 0.1) is 13.2 Å². The zero-order valence-electron chi connectivity index (χ0n) is 11.7. The molecule has 6 heteroatoms. The lowest BCUT2D eigenvalue weighted by atomic mass is 10.1. The second-order valence-electron chi connectivity index (χ2n) is 4.90. The van der Waals surface area contributed by atoms with Crippen LogP contribution in [0.1, 0.15) is 17.5 Å². The zero-order chi connectivity index (χ0) is 13.8. The molecule has 1 aromatic rings. The van der Waals surface area contributed by atoms with E-state index in [4.69, 9.17) is 4.74 Å². The number of carbonyl (C=O) groups is 1. The molecular formula is C14H20BrClN2O2. The van der Waals surface area contributed by atoms with Crippen molar-refractivity contribution in [2.24, 2.45) is 0 Å². The molecule has 112 valence electrons. The predicted octanol–water partition coefficient (Wildman–Crippen LogP) is 2.80. The van der Waals surface area contributed by atoms with Crippen molar-refractivity contribution in [1.29, 1.82) is 0 Å². The van der Waals surface area contributed by atoms with Gasteiger partial charge in [0.2, 0.25) is 5.91 Å². The van der Waals surface area contributed by atoms with Gasteiger partial charge in [-0.2, -0.15) is 0 Å². The van der Waals surface area contributed by atoms with Crippen LogP contribution in [0.15, 0.2) is 16.6 Å². The molecule has 0 spiro atoms. The largest absolute Gasteiger partial charge is 0.378 e. The second-order valence-corrected chi connectivity index (χ2v) is 5.70. The van der Waals surface area contributed by atoms with Crippen LogP contribution >= 0.6 is 28.3 Å². The molecule has 1 atom stereocenters. The lowest BCUT2D eigenvalue weighted by Crippen LogP contribution is -2.43. The number of benzene rings is 1. The minimum atomic E-state index is 0. The molecule has 1 aromatic carbocycles. The summed E-state index contributed by atoms with van der Waals surface area (Å²) in [6.45, 7) is 6.18. The van der Waals surface area contributed by atoms with Gasteiger partial charge in [-0.15, -0.1) is 12.4 Å². The molecule has 1 unspecified atom stereocenters. The first-order valence-electron chi connectivity index (χ1n) is 6.44. The van der Waals surface area contributed by atoms with Gasteiger partial charge in [0, 0.05) is 29.2 Å². The Morgan fingerprint density at radius 3 is 2.65 bits per heavy atom. The van der Waals surface area contributed by atoms with Crippen molar-refractivity contribution < 1.29 is 9.53 Å². The lowest BCUT2D eigenvalue weighted by molar-refractivity contribution is -0.117. The normalized spacial score (nSPS) is 18.2. The number of amides is 1. The average molecular weight is 364 g/mol. The molecule has 0 radical (unpaired) electrons. The number of hydrogen-bond acceptors (Lipinski definition) is 3. The van der Waals surface area contributed by atoms with E-state index >= 15 is 0 Å². The maximum atomic E-state index is 12.0. The van der Waals surface area contributed by atoms with E-state index in [0.29, 0.717) is 13.0 Å². The maximum Gasteiger partial charge on any atom is 0.226 e. The van der Waals surface area contributed by atoms with Gasteiger partial charge in [-0.3, -0.25) is 4.79 Å². The van der Waals surface area contributed by atoms with Crippen molar-refractivity contribution in [1.82, 2.24) is 5.32 Å². The first-order chi connectivity index (χ1) is 9.06. The Labute approximate surface area is 134 Å². The predicted molar refractivity (Wildman–Crippen MR) is 86.7 cm³/mol. The number of aryl methyl sites for hydroxylation is 2. The van der Waals surface area contributed by atoms with Crippen LogP contribution < -0.4 is 10.6 Å². The third-order valence-corrected chi connectivity index (χ3v) is 4.40. The van der Waals surface area contributed by atoms with E-state index in [1.807, 2.05) is 26.0 Å². The molecule has 20 heavy (non-hydrogen) atoms. The zero-order valence-corrected chi connectivity index (χ0v) is 14.1. The average Bonchev–Trinajstić information content (AvgIpc) is 2.37. The number of hydrogen-bond donors (Lipinski definition) is 2. The highest BCUT2D eigenvalue weighted by Crippen LogP contribution is 2.25. The smallest absolute Gasteiger partial charge is 0.226 e. The van der Waals surface area contributed by atoms with Crippen LogP contribution in [-0.4, -0.2) is 31.7 Å². The van der Waals surface area contributed by atoms with E-state index in [1.165, 1.54) is 0 Å². The third kappa shape index (κ3) is 4.74. The summed E-state index contributed by atoms with van der Waals surface area (Å²) in [6.07, 6.45) is 0.439. The SMILES string of the molecule is Cc1cc(NC(=O)CC2COCCN2)cc(C)c1Br.Cl.